The first kappa shape index (κ1) is 16.6. The summed E-state index contributed by atoms with van der Waals surface area (Å²) in [4.78, 5) is 0. The minimum absolute atomic E-state index is 0. The molecule has 2 aromatic carbocycles. The molecule has 4 heteroatoms. The number of thioether (sulfide) groups is 1. The third-order valence-corrected chi connectivity index (χ3v) is 3.87. The summed E-state index contributed by atoms with van der Waals surface area (Å²) in [6.07, 6.45) is 0. The minimum atomic E-state index is 0. The number of thiocarbonyl (C=S) groups is 1. The Bertz CT molecular complexity index is 443. The zero-order valence-corrected chi connectivity index (χ0v) is 17.8. The second-order valence-corrected chi connectivity index (χ2v) is 5.55. The summed E-state index contributed by atoms with van der Waals surface area (Å²) in [7, 11) is 0. The van der Waals surface area contributed by atoms with Crippen LogP contribution in [0.2, 0.25) is 0 Å². The second-order valence-electron chi connectivity index (χ2n) is 3.90. The summed E-state index contributed by atoms with van der Waals surface area (Å²) in [5.74, 6) is 0.918. The van der Waals surface area contributed by atoms with E-state index in [4.69, 9.17) is 12.2 Å². The maximum absolute atomic E-state index is 5.30. The number of hydrogen-bond acceptors (Lipinski definition) is 2. The molecule has 2 rings (SSSR count). The van der Waals surface area contributed by atoms with Gasteiger partial charge in [-0.15, -0.1) is 0 Å². The Morgan fingerprint density at radius 2 is 1.42 bits per heavy atom. The van der Waals surface area contributed by atoms with Gasteiger partial charge in [-0.3, -0.25) is 0 Å². The fraction of sp³-hybridized carbons (Fsp3) is 0.133. The van der Waals surface area contributed by atoms with Crippen LogP contribution in [0.5, 0.6) is 0 Å². The van der Waals surface area contributed by atoms with Gasteiger partial charge in [-0.2, -0.15) is 0 Å². The van der Waals surface area contributed by atoms with Crippen LogP contribution in [-0.4, -0.2) is 30.5 Å². The summed E-state index contributed by atoms with van der Waals surface area (Å²) in [6, 6.07) is 20.7. The molecule has 0 fully saturated rings. The van der Waals surface area contributed by atoms with Gasteiger partial charge in [0, 0.05) is 12.3 Å². The third kappa shape index (κ3) is 6.51. The molecule has 0 saturated heterocycles. The predicted molar refractivity (Wildman–Crippen MR) is 93.6 cm³/mol. The Balaban J connectivity index is 0.00000180. The predicted octanol–water partition coefficient (Wildman–Crippen LogP) is 2.81. The fourth-order valence-corrected chi connectivity index (χ4v) is 2.46. The molecule has 0 spiro atoms. The van der Waals surface area contributed by atoms with E-state index in [1.54, 1.807) is 11.8 Å². The first-order chi connectivity index (χ1) is 8.84. The zero-order chi connectivity index (χ0) is 12.6. The van der Waals surface area contributed by atoms with Crippen LogP contribution in [0, 0.1) is 0 Å². The maximum atomic E-state index is 5.30. The first-order valence-electron chi connectivity index (χ1n) is 5.83. The molecule has 19 heavy (non-hydrogen) atoms. The second kappa shape index (κ2) is 9.46. The average molecular weight is 485 g/mol. The zero-order valence-electron chi connectivity index (χ0n) is 10.7. The molecule has 0 heterocycles. The van der Waals surface area contributed by atoms with E-state index in [1.807, 2.05) is 24.3 Å². The summed E-state index contributed by atoms with van der Waals surface area (Å²) in [5, 5.41) is 3.26. The molecule has 0 aliphatic rings. The SMILES string of the molecule is S=C(NCc1ccccc1)SCc1ccccc1.[BiH3]. The van der Waals surface area contributed by atoms with Gasteiger partial charge in [0.1, 0.15) is 4.32 Å². The van der Waals surface area contributed by atoms with Gasteiger partial charge in [0.25, 0.3) is 0 Å². The standard InChI is InChI=1S/C15H15NS2.Bi.3H/c17-15(16-11-13-7-3-1-4-8-13)18-12-14-9-5-2-6-10-14;;;;/h1-10H,11-12H2,(H,16,17);;;;. The molecule has 0 saturated carbocycles. The van der Waals surface area contributed by atoms with E-state index >= 15 is 0 Å². The summed E-state index contributed by atoms with van der Waals surface area (Å²) < 4.78 is 0.850. The van der Waals surface area contributed by atoms with Crippen LogP contribution in [0.25, 0.3) is 0 Å². The van der Waals surface area contributed by atoms with Crippen molar-refractivity contribution in [2.75, 3.05) is 0 Å². The van der Waals surface area contributed by atoms with Crippen LogP contribution in [0.15, 0.2) is 60.7 Å². The van der Waals surface area contributed by atoms with E-state index in [-0.39, 0.29) is 26.2 Å². The van der Waals surface area contributed by atoms with Crippen molar-refractivity contribution in [1.82, 2.24) is 5.32 Å². The molecule has 100 valence electrons. The number of benzene rings is 2. The van der Waals surface area contributed by atoms with Gasteiger partial charge < -0.3 is 5.32 Å². The molecule has 0 amide bonds. The van der Waals surface area contributed by atoms with Crippen LogP contribution in [0.4, 0.5) is 0 Å². The Kier molecular flexibility index (Phi) is 8.28. The van der Waals surface area contributed by atoms with Gasteiger partial charge >= 0.3 is 26.2 Å². The van der Waals surface area contributed by atoms with Crippen LogP contribution >= 0.6 is 24.0 Å². The molecule has 0 radical (unpaired) electrons. The number of rotatable bonds is 4. The Morgan fingerprint density at radius 1 is 0.895 bits per heavy atom. The average Bonchev–Trinajstić information content (AvgIpc) is 2.45. The molecule has 1 nitrogen and oxygen atoms in total. The van der Waals surface area contributed by atoms with Crippen LogP contribution in [-0.2, 0) is 12.3 Å². The van der Waals surface area contributed by atoms with Gasteiger partial charge in [0.2, 0.25) is 0 Å². The third-order valence-electron chi connectivity index (χ3n) is 2.49. The summed E-state index contributed by atoms with van der Waals surface area (Å²) in [5.41, 5.74) is 2.55. The van der Waals surface area contributed by atoms with Gasteiger partial charge in [-0.1, -0.05) is 84.6 Å². The van der Waals surface area contributed by atoms with Crippen molar-refractivity contribution >= 4 is 54.5 Å². The van der Waals surface area contributed by atoms with Gasteiger partial charge in [-0.05, 0) is 11.1 Å². The van der Waals surface area contributed by atoms with Crippen molar-refractivity contribution in [2.45, 2.75) is 12.3 Å². The van der Waals surface area contributed by atoms with Crippen LogP contribution < -0.4 is 5.32 Å². The van der Waals surface area contributed by atoms with Crippen molar-refractivity contribution in [2.24, 2.45) is 0 Å². The van der Waals surface area contributed by atoms with Crippen molar-refractivity contribution in [3.05, 3.63) is 71.8 Å². The van der Waals surface area contributed by atoms with Gasteiger partial charge in [0.05, 0.1) is 0 Å². The van der Waals surface area contributed by atoms with Crippen molar-refractivity contribution in [1.29, 1.82) is 0 Å². The van der Waals surface area contributed by atoms with Crippen LogP contribution in [0.1, 0.15) is 11.1 Å². The van der Waals surface area contributed by atoms with E-state index in [0.29, 0.717) is 0 Å². The Hall–Kier alpha value is -0.437. The molecule has 0 aromatic heterocycles. The topological polar surface area (TPSA) is 12.0 Å². The van der Waals surface area contributed by atoms with E-state index < -0.39 is 0 Å². The Morgan fingerprint density at radius 3 is 2.00 bits per heavy atom. The summed E-state index contributed by atoms with van der Waals surface area (Å²) >= 11 is 6.97. The van der Waals surface area contributed by atoms with E-state index in [1.165, 1.54) is 11.1 Å². The molecular formula is C15H18BiNS2. The monoisotopic (exact) mass is 485 g/mol. The van der Waals surface area contributed by atoms with Gasteiger partial charge in [0.15, 0.2) is 0 Å². The quantitative estimate of drug-likeness (QED) is 0.529. The molecule has 0 atom stereocenters. The van der Waals surface area contributed by atoms with E-state index in [0.717, 1.165) is 16.6 Å². The van der Waals surface area contributed by atoms with Crippen molar-refractivity contribution in [3.8, 4) is 0 Å². The van der Waals surface area contributed by atoms with Crippen molar-refractivity contribution in [3.63, 3.8) is 0 Å². The van der Waals surface area contributed by atoms with Gasteiger partial charge in [-0.25, -0.2) is 0 Å². The molecule has 0 unspecified atom stereocenters. The summed E-state index contributed by atoms with van der Waals surface area (Å²) in [6.45, 7) is 0.793. The molecule has 2 aromatic rings. The molecule has 0 aliphatic heterocycles. The molecule has 0 aliphatic carbocycles. The first-order valence-corrected chi connectivity index (χ1v) is 7.22. The Labute approximate surface area is 143 Å². The fourth-order valence-electron chi connectivity index (χ4n) is 1.54. The molecular weight excluding hydrogens is 467 g/mol. The van der Waals surface area contributed by atoms with E-state index in [9.17, 15) is 0 Å². The molecule has 0 bridgehead atoms. The number of nitrogens with one attached hydrogen (secondary N) is 1. The van der Waals surface area contributed by atoms with Crippen LogP contribution in [0.3, 0.4) is 0 Å². The normalized spacial score (nSPS) is 9.47. The molecule has 1 N–H and O–H groups in total. The van der Waals surface area contributed by atoms with Crippen molar-refractivity contribution < 1.29 is 0 Å². The van der Waals surface area contributed by atoms with E-state index in [2.05, 4.69) is 41.7 Å². The number of hydrogen-bond donors (Lipinski definition) is 1.